The van der Waals surface area contributed by atoms with Gasteiger partial charge in [-0.1, -0.05) is 0 Å². The number of hydrogen-bond acceptors (Lipinski definition) is 2. The van der Waals surface area contributed by atoms with Crippen LogP contribution in [0.25, 0.3) is 0 Å². The second-order valence-electron chi connectivity index (χ2n) is 1.83. The van der Waals surface area contributed by atoms with Gasteiger partial charge in [-0.25, -0.2) is 0 Å². The molecule has 1 atom stereocenters. The van der Waals surface area contributed by atoms with Crippen molar-refractivity contribution in [2.75, 3.05) is 6.54 Å². The molecule has 0 aliphatic carbocycles. The Kier molecular flexibility index (Phi) is 1.65. The van der Waals surface area contributed by atoms with Gasteiger partial charge >= 0.3 is 0 Å². The standard InChI is InChI=1S/C5H10NO/c7-5-2-1-3-6-4-5/h4-7H,1-3H2. The van der Waals surface area contributed by atoms with E-state index in [0.717, 1.165) is 19.4 Å². The molecule has 7 heavy (non-hydrogen) atoms. The molecule has 0 aromatic rings. The molecule has 2 heteroatoms. The first-order chi connectivity index (χ1) is 3.39. The van der Waals surface area contributed by atoms with E-state index in [4.69, 9.17) is 5.11 Å². The maximum atomic E-state index is 8.79. The van der Waals surface area contributed by atoms with Crippen LogP contribution in [-0.4, -0.2) is 17.8 Å². The Balaban J connectivity index is 2.12. The number of piperidine rings is 1. The largest absolute Gasteiger partial charge is 0.391 e. The van der Waals surface area contributed by atoms with Crippen LogP contribution in [0.1, 0.15) is 12.8 Å². The number of aliphatic hydroxyl groups is 1. The van der Waals surface area contributed by atoms with Gasteiger partial charge in [0, 0.05) is 0 Å². The zero-order chi connectivity index (χ0) is 5.11. The summed E-state index contributed by atoms with van der Waals surface area (Å²) in [6, 6.07) is 0. The SMILES string of the molecule is OC1[CH]NCCC1. The van der Waals surface area contributed by atoms with Crippen molar-refractivity contribution in [3.8, 4) is 0 Å². The summed E-state index contributed by atoms with van der Waals surface area (Å²) in [6.07, 6.45) is 1.82. The molecule has 0 saturated carbocycles. The van der Waals surface area contributed by atoms with E-state index in [1.54, 1.807) is 6.54 Å². The van der Waals surface area contributed by atoms with Gasteiger partial charge in [-0.15, -0.1) is 0 Å². The van der Waals surface area contributed by atoms with Crippen molar-refractivity contribution in [2.45, 2.75) is 18.9 Å². The Morgan fingerprint density at radius 3 is 2.86 bits per heavy atom. The second-order valence-corrected chi connectivity index (χ2v) is 1.83. The Morgan fingerprint density at radius 1 is 1.71 bits per heavy atom. The number of hydrogen-bond donors (Lipinski definition) is 2. The third-order valence-electron chi connectivity index (χ3n) is 1.13. The molecule has 2 nitrogen and oxygen atoms in total. The van der Waals surface area contributed by atoms with E-state index in [2.05, 4.69) is 5.32 Å². The van der Waals surface area contributed by atoms with Gasteiger partial charge in [0.25, 0.3) is 0 Å². The van der Waals surface area contributed by atoms with Crippen LogP contribution in [0.15, 0.2) is 0 Å². The zero-order valence-corrected chi connectivity index (χ0v) is 4.22. The van der Waals surface area contributed by atoms with Crippen molar-refractivity contribution in [3.05, 3.63) is 6.54 Å². The summed E-state index contributed by atoms with van der Waals surface area (Å²) >= 11 is 0. The maximum absolute atomic E-state index is 8.79. The molecule has 2 N–H and O–H groups in total. The summed E-state index contributed by atoms with van der Waals surface area (Å²) in [4.78, 5) is 0. The van der Waals surface area contributed by atoms with Crippen LogP contribution in [0.4, 0.5) is 0 Å². The zero-order valence-electron chi connectivity index (χ0n) is 4.22. The highest BCUT2D eigenvalue weighted by atomic mass is 16.3. The van der Waals surface area contributed by atoms with E-state index in [9.17, 15) is 0 Å². The van der Waals surface area contributed by atoms with Crippen molar-refractivity contribution in [2.24, 2.45) is 0 Å². The van der Waals surface area contributed by atoms with Gasteiger partial charge in [0.2, 0.25) is 0 Å². The predicted molar refractivity (Wildman–Crippen MR) is 27.5 cm³/mol. The molecule has 1 saturated heterocycles. The number of nitrogens with one attached hydrogen (secondary N) is 1. The predicted octanol–water partition coefficient (Wildman–Crippen LogP) is -0.108. The molecule has 0 bridgehead atoms. The molecule has 41 valence electrons. The van der Waals surface area contributed by atoms with Gasteiger partial charge in [-0.3, -0.25) is 0 Å². The molecule has 0 amide bonds. The van der Waals surface area contributed by atoms with Crippen LogP contribution in [-0.2, 0) is 0 Å². The fraction of sp³-hybridized carbons (Fsp3) is 0.800. The van der Waals surface area contributed by atoms with E-state index in [-0.39, 0.29) is 6.10 Å². The highest BCUT2D eigenvalue weighted by molar-refractivity contribution is 4.77. The van der Waals surface area contributed by atoms with E-state index < -0.39 is 0 Å². The summed E-state index contributed by atoms with van der Waals surface area (Å²) in [5, 5.41) is 11.8. The van der Waals surface area contributed by atoms with E-state index in [1.165, 1.54) is 0 Å². The minimum absolute atomic E-state index is 0.200. The molecule has 1 aliphatic rings. The molecule has 1 rings (SSSR count). The third-order valence-corrected chi connectivity index (χ3v) is 1.13. The van der Waals surface area contributed by atoms with Crippen molar-refractivity contribution < 1.29 is 5.11 Å². The summed E-state index contributed by atoms with van der Waals surface area (Å²) < 4.78 is 0. The van der Waals surface area contributed by atoms with Gasteiger partial charge in [0.15, 0.2) is 0 Å². The minimum Gasteiger partial charge on any atom is -0.391 e. The van der Waals surface area contributed by atoms with Crippen LogP contribution in [0.3, 0.4) is 0 Å². The highest BCUT2D eigenvalue weighted by Gasteiger charge is 2.07. The molecule has 1 aliphatic heterocycles. The second kappa shape index (κ2) is 2.28. The Hall–Kier alpha value is -0.0800. The van der Waals surface area contributed by atoms with Crippen LogP contribution in [0, 0.1) is 6.54 Å². The van der Waals surface area contributed by atoms with Crippen molar-refractivity contribution in [3.63, 3.8) is 0 Å². The van der Waals surface area contributed by atoms with Gasteiger partial charge in [-0.05, 0) is 19.4 Å². The molecular weight excluding hydrogens is 90.1 g/mol. The quantitative estimate of drug-likeness (QED) is 0.445. The fourth-order valence-electron chi connectivity index (χ4n) is 0.716. The summed E-state index contributed by atoms with van der Waals surface area (Å²) in [7, 11) is 0. The van der Waals surface area contributed by atoms with Crippen LogP contribution >= 0.6 is 0 Å². The maximum Gasteiger partial charge on any atom is 0.0709 e. The van der Waals surface area contributed by atoms with Crippen LogP contribution < -0.4 is 5.32 Å². The molecule has 0 aromatic heterocycles. The van der Waals surface area contributed by atoms with Crippen molar-refractivity contribution >= 4 is 0 Å². The lowest BCUT2D eigenvalue weighted by Crippen LogP contribution is -2.27. The monoisotopic (exact) mass is 100 g/mol. The molecule has 0 spiro atoms. The molecule has 0 aromatic carbocycles. The molecule has 1 fully saturated rings. The third kappa shape index (κ3) is 1.45. The van der Waals surface area contributed by atoms with Gasteiger partial charge in [-0.2, -0.15) is 0 Å². The number of rotatable bonds is 0. The summed E-state index contributed by atoms with van der Waals surface area (Å²) in [5.41, 5.74) is 0. The van der Waals surface area contributed by atoms with E-state index >= 15 is 0 Å². The van der Waals surface area contributed by atoms with Gasteiger partial charge in [0.1, 0.15) is 0 Å². The lowest BCUT2D eigenvalue weighted by Gasteiger charge is -2.15. The first-order valence-electron chi connectivity index (χ1n) is 2.64. The Bertz CT molecular complexity index is 50.0. The number of aliphatic hydroxyl groups excluding tert-OH is 1. The normalized spacial score (nSPS) is 33.0. The lowest BCUT2D eigenvalue weighted by molar-refractivity contribution is 0.170. The van der Waals surface area contributed by atoms with Crippen molar-refractivity contribution in [1.82, 2.24) is 5.32 Å². The molecule has 1 radical (unpaired) electrons. The summed E-state index contributed by atoms with van der Waals surface area (Å²) in [5.74, 6) is 0. The topological polar surface area (TPSA) is 32.3 Å². The van der Waals surface area contributed by atoms with Gasteiger partial charge in [0.05, 0.1) is 12.6 Å². The Labute approximate surface area is 43.5 Å². The average molecular weight is 100 g/mol. The van der Waals surface area contributed by atoms with Crippen LogP contribution in [0.5, 0.6) is 0 Å². The van der Waals surface area contributed by atoms with E-state index in [1.807, 2.05) is 0 Å². The summed E-state index contributed by atoms with van der Waals surface area (Å²) in [6.45, 7) is 2.76. The molecule has 1 heterocycles. The minimum atomic E-state index is -0.200. The fourth-order valence-corrected chi connectivity index (χ4v) is 0.716. The molecular formula is C5H10NO. The lowest BCUT2D eigenvalue weighted by atomic mass is 10.1. The van der Waals surface area contributed by atoms with Crippen molar-refractivity contribution in [1.29, 1.82) is 0 Å². The smallest absolute Gasteiger partial charge is 0.0709 e. The average Bonchev–Trinajstić information content (AvgIpc) is 1.69. The van der Waals surface area contributed by atoms with Gasteiger partial charge < -0.3 is 10.4 Å². The highest BCUT2D eigenvalue weighted by Crippen LogP contribution is 2.02. The first-order valence-corrected chi connectivity index (χ1v) is 2.64. The van der Waals surface area contributed by atoms with Crippen LogP contribution in [0.2, 0.25) is 0 Å². The molecule has 1 unspecified atom stereocenters. The first kappa shape index (κ1) is 5.06. The Morgan fingerprint density at radius 2 is 2.57 bits per heavy atom. The van der Waals surface area contributed by atoms with E-state index in [0.29, 0.717) is 0 Å².